The summed E-state index contributed by atoms with van der Waals surface area (Å²) in [7, 11) is 4.70. The van der Waals surface area contributed by atoms with Crippen molar-refractivity contribution in [2.24, 2.45) is 0 Å². The van der Waals surface area contributed by atoms with Gasteiger partial charge in [0.15, 0.2) is 11.5 Å². The first kappa shape index (κ1) is 20.3. The van der Waals surface area contributed by atoms with Crippen molar-refractivity contribution in [1.82, 2.24) is 9.78 Å². The van der Waals surface area contributed by atoms with Crippen LogP contribution in [0.1, 0.15) is 11.1 Å². The monoisotopic (exact) mass is 409 g/mol. The van der Waals surface area contributed by atoms with E-state index in [1.807, 2.05) is 18.2 Å². The lowest BCUT2D eigenvalue weighted by Crippen LogP contribution is -2.25. The standard InChI is InChI=1S/C21H19N3O4S/c1-13-17(12-22)21(25)24(14-5-7-15(26-2)8-6-14)23-20(13)29-16-9-10-18(27-3)19(11-16)28-4/h5-11H,1-4H3. The molecular formula is C21H19N3O4S. The number of hydrogen-bond acceptors (Lipinski definition) is 7. The van der Waals surface area contributed by atoms with Gasteiger partial charge in [-0.15, -0.1) is 0 Å². The third-order valence-corrected chi connectivity index (χ3v) is 5.36. The molecule has 0 atom stereocenters. The molecule has 0 aliphatic heterocycles. The van der Waals surface area contributed by atoms with E-state index in [2.05, 4.69) is 5.10 Å². The first-order chi connectivity index (χ1) is 14.0. The highest BCUT2D eigenvalue weighted by molar-refractivity contribution is 7.99. The second-order valence-corrected chi connectivity index (χ2v) is 7.01. The molecule has 3 rings (SSSR count). The van der Waals surface area contributed by atoms with E-state index in [1.54, 1.807) is 58.6 Å². The average molecular weight is 409 g/mol. The molecule has 0 aliphatic rings. The van der Waals surface area contributed by atoms with Crippen molar-refractivity contribution in [3.63, 3.8) is 0 Å². The molecule has 1 heterocycles. The topological polar surface area (TPSA) is 86.4 Å². The summed E-state index contributed by atoms with van der Waals surface area (Å²) in [6.07, 6.45) is 0. The molecule has 0 spiro atoms. The highest BCUT2D eigenvalue weighted by Gasteiger charge is 2.17. The van der Waals surface area contributed by atoms with E-state index in [0.29, 0.717) is 33.5 Å². The molecule has 8 heteroatoms. The van der Waals surface area contributed by atoms with Gasteiger partial charge in [-0.1, -0.05) is 11.8 Å². The molecule has 7 nitrogen and oxygen atoms in total. The summed E-state index contributed by atoms with van der Waals surface area (Å²) in [5, 5.41) is 14.6. The van der Waals surface area contributed by atoms with E-state index in [-0.39, 0.29) is 5.56 Å². The minimum Gasteiger partial charge on any atom is -0.497 e. The van der Waals surface area contributed by atoms with Gasteiger partial charge in [-0.05, 0) is 49.4 Å². The van der Waals surface area contributed by atoms with Gasteiger partial charge in [0.25, 0.3) is 5.56 Å². The summed E-state index contributed by atoms with van der Waals surface area (Å²) >= 11 is 1.34. The van der Waals surface area contributed by atoms with E-state index >= 15 is 0 Å². The van der Waals surface area contributed by atoms with Crippen molar-refractivity contribution in [1.29, 1.82) is 5.26 Å². The Kier molecular flexibility index (Phi) is 6.10. The van der Waals surface area contributed by atoms with Crippen LogP contribution in [-0.2, 0) is 0 Å². The van der Waals surface area contributed by atoms with E-state index in [4.69, 9.17) is 14.2 Å². The van der Waals surface area contributed by atoms with Crippen LogP contribution in [-0.4, -0.2) is 31.1 Å². The summed E-state index contributed by atoms with van der Waals surface area (Å²) in [6, 6.07) is 14.4. The van der Waals surface area contributed by atoms with Crippen LogP contribution in [0.3, 0.4) is 0 Å². The van der Waals surface area contributed by atoms with Gasteiger partial charge in [-0.25, -0.2) is 0 Å². The van der Waals surface area contributed by atoms with Crippen molar-refractivity contribution in [2.45, 2.75) is 16.8 Å². The Morgan fingerprint density at radius 2 is 1.69 bits per heavy atom. The minimum atomic E-state index is -0.466. The number of methoxy groups -OCH3 is 3. The Hall–Kier alpha value is -3.44. The summed E-state index contributed by atoms with van der Waals surface area (Å²) in [5.41, 5.74) is 0.661. The van der Waals surface area contributed by atoms with Crippen molar-refractivity contribution in [3.05, 3.63) is 63.9 Å². The van der Waals surface area contributed by atoms with E-state index < -0.39 is 5.56 Å². The zero-order valence-corrected chi connectivity index (χ0v) is 17.2. The molecule has 0 saturated heterocycles. The zero-order valence-electron chi connectivity index (χ0n) is 16.4. The Morgan fingerprint density at radius 1 is 1.00 bits per heavy atom. The Morgan fingerprint density at radius 3 is 2.28 bits per heavy atom. The molecule has 0 saturated carbocycles. The Balaban J connectivity index is 2.09. The molecule has 148 valence electrons. The number of benzene rings is 2. The first-order valence-electron chi connectivity index (χ1n) is 8.60. The fourth-order valence-corrected chi connectivity index (χ4v) is 3.61. The molecule has 1 aromatic heterocycles. The maximum atomic E-state index is 12.8. The fourth-order valence-electron chi connectivity index (χ4n) is 2.70. The zero-order chi connectivity index (χ0) is 21.0. The maximum absolute atomic E-state index is 12.8. The van der Waals surface area contributed by atoms with Crippen molar-refractivity contribution < 1.29 is 14.2 Å². The second-order valence-electron chi connectivity index (χ2n) is 5.95. The number of hydrogen-bond donors (Lipinski definition) is 0. The summed E-state index contributed by atoms with van der Waals surface area (Å²) in [4.78, 5) is 13.6. The smallest absolute Gasteiger partial charge is 0.289 e. The van der Waals surface area contributed by atoms with E-state index in [9.17, 15) is 10.1 Å². The van der Waals surface area contributed by atoms with Crippen LogP contribution in [0, 0.1) is 18.3 Å². The number of ether oxygens (including phenoxy) is 3. The van der Waals surface area contributed by atoms with E-state index in [0.717, 1.165) is 4.90 Å². The maximum Gasteiger partial charge on any atom is 0.289 e. The molecule has 29 heavy (non-hydrogen) atoms. The predicted molar refractivity (Wildman–Crippen MR) is 110 cm³/mol. The number of rotatable bonds is 6. The molecule has 0 bridgehead atoms. The lowest BCUT2D eigenvalue weighted by atomic mass is 10.2. The van der Waals surface area contributed by atoms with Gasteiger partial charge in [-0.3, -0.25) is 4.79 Å². The molecule has 0 amide bonds. The third kappa shape index (κ3) is 4.05. The summed E-state index contributed by atoms with van der Waals surface area (Å²) < 4.78 is 17.0. The van der Waals surface area contributed by atoms with Crippen LogP contribution >= 0.6 is 11.8 Å². The van der Waals surface area contributed by atoms with Gasteiger partial charge in [0.1, 0.15) is 22.4 Å². The van der Waals surface area contributed by atoms with Gasteiger partial charge in [-0.2, -0.15) is 15.0 Å². The normalized spacial score (nSPS) is 10.3. The van der Waals surface area contributed by atoms with E-state index in [1.165, 1.54) is 16.4 Å². The largest absolute Gasteiger partial charge is 0.497 e. The highest BCUT2D eigenvalue weighted by atomic mass is 32.2. The quantitative estimate of drug-likeness (QED) is 0.615. The van der Waals surface area contributed by atoms with Crippen LogP contribution in [0.2, 0.25) is 0 Å². The number of aromatic nitrogens is 2. The SMILES string of the molecule is COc1ccc(-n2nc(Sc3ccc(OC)c(OC)c3)c(C)c(C#N)c2=O)cc1. The molecule has 0 radical (unpaired) electrons. The molecule has 3 aromatic rings. The predicted octanol–water partition coefficient (Wildman–Crippen LogP) is 3.59. The molecule has 0 N–H and O–H groups in total. The van der Waals surface area contributed by atoms with Gasteiger partial charge in [0.2, 0.25) is 0 Å². The average Bonchev–Trinajstić information content (AvgIpc) is 2.76. The number of nitrogens with zero attached hydrogens (tertiary/aromatic N) is 3. The van der Waals surface area contributed by atoms with Crippen LogP contribution in [0.5, 0.6) is 17.2 Å². The Bertz CT molecular complexity index is 1130. The first-order valence-corrected chi connectivity index (χ1v) is 9.42. The second kappa shape index (κ2) is 8.71. The minimum absolute atomic E-state index is 0.0544. The third-order valence-electron chi connectivity index (χ3n) is 4.29. The van der Waals surface area contributed by atoms with Crippen molar-refractivity contribution in [2.75, 3.05) is 21.3 Å². The fraction of sp³-hybridized carbons (Fsp3) is 0.190. The van der Waals surface area contributed by atoms with Crippen molar-refractivity contribution >= 4 is 11.8 Å². The summed E-state index contributed by atoms with van der Waals surface area (Å²) in [6.45, 7) is 1.72. The van der Waals surface area contributed by atoms with Crippen LogP contribution in [0.4, 0.5) is 0 Å². The van der Waals surface area contributed by atoms with Crippen LogP contribution < -0.4 is 19.8 Å². The lowest BCUT2D eigenvalue weighted by molar-refractivity contribution is 0.354. The summed E-state index contributed by atoms with van der Waals surface area (Å²) in [5.74, 6) is 1.86. The van der Waals surface area contributed by atoms with Gasteiger partial charge in [0.05, 0.1) is 27.0 Å². The lowest BCUT2D eigenvalue weighted by Gasteiger charge is -2.13. The van der Waals surface area contributed by atoms with Gasteiger partial charge in [0, 0.05) is 10.5 Å². The van der Waals surface area contributed by atoms with Gasteiger partial charge < -0.3 is 14.2 Å². The molecule has 2 aromatic carbocycles. The van der Waals surface area contributed by atoms with Crippen LogP contribution in [0.25, 0.3) is 5.69 Å². The molecule has 0 fully saturated rings. The highest BCUT2D eigenvalue weighted by Crippen LogP contribution is 2.35. The van der Waals surface area contributed by atoms with Crippen molar-refractivity contribution in [3.8, 4) is 29.0 Å². The molecular weight excluding hydrogens is 390 g/mol. The Labute approximate surface area is 172 Å². The van der Waals surface area contributed by atoms with Gasteiger partial charge >= 0.3 is 0 Å². The van der Waals surface area contributed by atoms with Crippen LogP contribution in [0.15, 0.2) is 57.2 Å². The molecule has 0 unspecified atom stereocenters. The molecule has 0 aliphatic carbocycles. The number of nitriles is 1.